The molecule has 298 valence electrons. The number of aromatic nitrogens is 5. The number of halogens is 8. The SMILES string of the molecule is CC(C)(O)C#Cc1ccc(-c2ccc(Cl)c3c(NS(C)(=O)=O)n[nH]c23)c(C(Cc2cc(F)cc(F)c2)NC(=O)Cn2nc(C(F)(F)F)c3c2C(F)(F)C24CC2C34)n1. The van der Waals surface area contributed by atoms with Crippen molar-refractivity contribution in [2.45, 2.75) is 62.9 Å². The molecular formula is C37H29ClF7N7O4S. The molecular weight excluding hydrogens is 807 g/mol. The van der Waals surface area contributed by atoms with E-state index in [1.54, 1.807) is 0 Å². The third kappa shape index (κ3) is 6.66. The van der Waals surface area contributed by atoms with Crippen LogP contribution in [-0.2, 0) is 39.9 Å². The number of carbonyl (C=O) groups excluding carboxylic acids is 1. The van der Waals surface area contributed by atoms with Gasteiger partial charge in [-0.25, -0.2) is 22.2 Å². The number of nitrogens with one attached hydrogen (secondary N) is 3. The Labute approximate surface area is 324 Å². The maximum atomic E-state index is 15.8. The first-order valence-electron chi connectivity index (χ1n) is 17.2. The third-order valence-electron chi connectivity index (χ3n) is 10.3. The molecule has 3 aromatic heterocycles. The van der Waals surface area contributed by atoms with Crippen LogP contribution in [0.15, 0.2) is 42.5 Å². The lowest BCUT2D eigenvalue weighted by atomic mass is 9.93. The van der Waals surface area contributed by atoms with Gasteiger partial charge in [0.15, 0.2) is 11.5 Å². The molecule has 1 amide bonds. The Morgan fingerprint density at radius 1 is 1.12 bits per heavy atom. The zero-order chi connectivity index (χ0) is 41.2. The molecule has 4 atom stereocenters. The summed E-state index contributed by atoms with van der Waals surface area (Å²) in [7, 11) is -3.84. The van der Waals surface area contributed by atoms with Crippen molar-refractivity contribution in [2.24, 2.45) is 11.3 Å². The molecule has 0 aliphatic heterocycles. The topological polar surface area (TPSA) is 155 Å². The molecule has 11 nitrogen and oxygen atoms in total. The van der Waals surface area contributed by atoms with Gasteiger partial charge in [-0.15, -0.1) is 0 Å². The third-order valence-corrected chi connectivity index (χ3v) is 11.2. The highest BCUT2D eigenvalue weighted by Gasteiger charge is 2.94. The van der Waals surface area contributed by atoms with Gasteiger partial charge in [0.25, 0.3) is 5.92 Å². The molecule has 20 heteroatoms. The van der Waals surface area contributed by atoms with Crippen LogP contribution in [0, 0.1) is 34.8 Å². The number of pyridine rings is 1. The van der Waals surface area contributed by atoms with Crippen LogP contribution in [0.25, 0.3) is 22.0 Å². The minimum absolute atomic E-state index is 0.00852. The van der Waals surface area contributed by atoms with E-state index in [4.69, 9.17) is 11.6 Å². The van der Waals surface area contributed by atoms with E-state index >= 15 is 8.78 Å². The summed E-state index contributed by atoms with van der Waals surface area (Å²) in [6, 6.07) is 7.07. The van der Waals surface area contributed by atoms with Gasteiger partial charge < -0.3 is 10.4 Å². The fourth-order valence-corrected chi connectivity index (χ4v) is 8.69. The first-order chi connectivity index (χ1) is 26.5. The van der Waals surface area contributed by atoms with Crippen molar-refractivity contribution in [1.82, 2.24) is 30.3 Å². The maximum Gasteiger partial charge on any atom is 0.435 e. The molecule has 0 saturated heterocycles. The number of anilines is 1. The molecule has 4 N–H and O–H groups in total. The molecule has 1 spiro atoms. The van der Waals surface area contributed by atoms with Gasteiger partial charge in [-0.05, 0) is 74.4 Å². The number of aliphatic hydroxyl groups is 1. The monoisotopic (exact) mass is 835 g/mol. The van der Waals surface area contributed by atoms with E-state index in [9.17, 15) is 40.3 Å². The second kappa shape index (κ2) is 12.7. The smallest absolute Gasteiger partial charge is 0.378 e. The number of H-pyrrole nitrogens is 1. The Kier molecular flexibility index (Phi) is 8.59. The van der Waals surface area contributed by atoms with Gasteiger partial charge >= 0.3 is 6.18 Å². The van der Waals surface area contributed by atoms with Crippen LogP contribution in [0.4, 0.5) is 36.6 Å². The van der Waals surface area contributed by atoms with Crippen molar-refractivity contribution in [3.05, 3.63) is 93.0 Å². The van der Waals surface area contributed by atoms with Crippen molar-refractivity contribution >= 4 is 44.3 Å². The number of hydrogen-bond donors (Lipinski definition) is 4. The summed E-state index contributed by atoms with van der Waals surface area (Å²) in [4.78, 5) is 18.6. The van der Waals surface area contributed by atoms with Gasteiger partial charge in [0.2, 0.25) is 15.9 Å². The number of rotatable bonds is 9. The zero-order valence-electron chi connectivity index (χ0n) is 29.8. The number of fused-ring (bicyclic) bond motifs is 4. The van der Waals surface area contributed by atoms with Crippen molar-refractivity contribution in [1.29, 1.82) is 0 Å². The van der Waals surface area contributed by atoms with Crippen LogP contribution in [-0.4, -0.2) is 56.3 Å². The summed E-state index contributed by atoms with van der Waals surface area (Å²) < 4.78 is 130. The van der Waals surface area contributed by atoms with E-state index in [0.29, 0.717) is 10.7 Å². The lowest BCUT2D eigenvalue weighted by molar-refractivity contribution is -0.142. The predicted octanol–water partition coefficient (Wildman–Crippen LogP) is 6.57. The molecule has 0 radical (unpaired) electrons. The van der Waals surface area contributed by atoms with Crippen LogP contribution in [0.5, 0.6) is 0 Å². The fraction of sp³-hybridized carbons (Fsp3) is 0.351. The van der Waals surface area contributed by atoms with Gasteiger partial charge in [0, 0.05) is 28.7 Å². The Morgan fingerprint density at radius 3 is 2.44 bits per heavy atom. The minimum atomic E-state index is -5.08. The normalized spacial score (nSPS) is 20.9. The summed E-state index contributed by atoms with van der Waals surface area (Å²) in [6.45, 7) is 1.73. The van der Waals surface area contributed by atoms with E-state index in [-0.39, 0.29) is 56.2 Å². The predicted molar refractivity (Wildman–Crippen MR) is 191 cm³/mol. The van der Waals surface area contributed by atoms with Crippen LogP contribution in [0.2, 0.25) is 5.02 Å². The number of alkyl halides is 5. The molecule has 2 saturated carbocycles. The average molecular weight is 836 g/mol. The van der Waals surface area contributed by atoms with Gasteiger partial charge in [-0.2, -0.15) is 32.1 Å². The standard InChI is InChI=1S/C37H29ClF7N7O4S/c1-34(2,54)9-8-19-4-5-20(21-6-7-23(38)26-30(21)48-49-33(26)51-57(3,55)56)29(46-19)24(12-16-10-17(39)13-18(40)11-16)47-25(53)15-52-32-27(31(50-52)37(43,44)45)28-22-14-35(22,28)36(32,41)42/h4-7,10-11,13,22,24,28,54H,12,14-15H2,1-3H3,(H,47,53)(H2,48,49,51). The van der Waals surface area contributed by atoms with Crippen LogP contribution < -0.4 is 10.0 Å². The maximum absolute atomic E-state index is 15.8. The summed E-state index contributed by atoms with van der Waals surface area (Å²) in [5.74, 6) is -3.16. The van der Waals surface area contributed by atoms with Crippen molar-refractivity contribution in [3.8, 4) is 23.0 Å². The fourth-order valence-electron chi connectivity index (χ4n) is 7.95. The number of nitrogens with zero attached hydrogens (tertiary/aromatic N) is 4. The number of benzene rings is 2. The summed E-state index contributed by atoms with van der Waals surface area (Å²) in [5, 5.41) is 23.4. The molecule has 2 aromatic carbocycles. The highest BCUT2D eigenvalue weighted by Crippen LogP contribution is 2.95. The summed E-state index contributed by atoms with van der Waals surface area (Å²) >= 11 is 6.49. The Bertz CT molecular complexity index is 2700. The van der Waals surface area contributed by atoms with Gasteiger partial charge in [-0.3, -0.25) is 19.3 Å². The first kappa shape index (κ1) is 38.7. The largest absolute Gasteiger partial charge is 0.435 e. The van der Waals surface area contributed by atoms with E-state index in [1.807, 2.05) is 0 Å². The van der Waals surface area contributed by atoms with Crippen molar-refractivity contribution in [2.75, 3.05) is 11.0 Å². The Hall–Kier alpha value is -5.19. The van der Waals surface area contributed by atoms with E-state index in [0.717, 1.165) is 18.4 Å². The number of hydrogen-bond acceptors (Lipinski definition) is 7. The van der Waals surface area contributed by atoms with Crippen molar-refractivity contribution in [3.63, 3.8) is 0 Å². The molecule has 2 fully saturated rings. The van der Waals surface area contributed by atoms with Crippen LogP contribution in [0.3, 0.4) is 0 Å². The van der Waals surface area contributed by atoms with Gasteiger partial charge in [0.05, 0.1) is 39.3 Å². The number of carbonyl (C=O) groups is 1. The molecule has 5 aromatic rings. The van der Waals surface area contributed by atoms with Crippen LogP contribution in [0.1, 0.15) is 66.1 Å². The number of amides is 1. The second-order valence-corrected chi connectivity index (χ2v) is 17.2. The molecule has 8 rings (SSSR count). The van der Waals surface area contributed by atoms with E-state index in [1.165, 1.54) is 38.1 Å². The summed E-state index contributed by atoms with van der Waals surface area (Å²) in [6.07, 6.45) is -4.53. The Morgan fingerprint density at radius 2 is 1.81 bits per heavy atom. The lowest BCUT2D eigenvalue weighted by Crippen LogP contribution is -2.35. The molecule has 0 bridgehead atoms. The lowest BCUT2D eigenvalue weighted by Gasteiger charge is -2.23. The molecule has 4 unspecified atom stereocenters. The highest BCUT2D eigenvalue weighted by molar-refractivity contribution is 7.92. The quantitative estimate of drug-likeness (QED) is 0.0967. The minimum Gasteiger partial charge on any atom is -0.378 e. The summed E-state index contributed by atoms with van der Waals surface area (Å²) in [5.41, 5.74) is -5.53. The van der Waals surface area contributed by atoms with Gasteiger partial charge in [0.1, 0.15) is 35.2 Å². The number of aromatic amines is 1. The van der Waals surface area contributed by atoms with Crippen LogP contribution >= 0.6 is 11.6 Å². The number of sulfonamides is 1. The first-order valence-corrected chi connectivity index (χ1v) is 19.5. The zero-order valence-corrected chi connectivity index (χ0v) is 31.4. The van der Waals surface area contributed by atoms with Gasteiger partial charge in [-0.1, -0.05) is 23.6 Å². The average Bonchev–Trinajstić information content (AvgIpc) is 3.83. The van der Waals surface area contributed by atoms with E-state index in [2.05, 4.69) is 42.2 Å². The van der Waals surface area contributed by atoms with E-state index < -0.39 is 98.5 Å². The van der Waals surface area contributed by atoms with Crippen molar-refractivity contribution < 1.29 is 49.1 Å². The molecule has 3 aliphatic carbocycles. The molecule has 3 heterocycles. The molecule has 57 heavy (non-hydrogen) atoms. The highest BCUT2D eigenvalue weighted by atomic mass is 35.5. The second-order valence-electron chi connectivity index (χ2n) is 15.0. The molecule has 3 aliphatic rings. The Balaban J connectivity index is 1.26.